The standard InChI is InChI=1S/C17H24N2O2/c1-5-9-18-14(4)15-11-13(3)7-8-16(15)21-12-17(20)19-10-6-2/h2,7-8,11,14,18H,5,9-10,12H2,1,3-4H3,(H,19,20). The average Bonchev–Trinajstić information content (AvgIpc) is 2.49. The first-order valence-electron chi connectivity index (χ1n) is 7.25. The third-order valence-corrected chi connectivity index (χ3v) is 3.08. The number of amides is 1. The smallest absolute Gasteiger partial charge is 0.258 e. The largest absolute Gasteiger partial charge is 0.483 e. The van der Waals surface area contributed by atoms with Gasteiger partial charge in [-0.25, -0.2) is 0 Å². The second kappa shape index (κ2) is 9.04. The highest BCUT2D eigenvalue weighted by molar-refractivity contribution is 5.77. The molecule has 1 amide bonds. The molecule has 1 aromatic rings. The molecule has 0 bridgehead atoms. The van der Waals surface area contributed by atoms with Gasteiger partial charge < -0.3 is 15.4 Å². The van der Waals surface area contributed by atoms with Gasteiger partial charge in [0.1, 0.15) is 5.75 Å². The van der Waals surface area contributed by atoms with Crippen molar-refractivity contribution in [2.24, 2.45) is 0 Å². The Morgan fingerprint density at radius 3 is 2.90 bits per heavy atom. The molecule has 1 rings (SSSR count). The summed E-state index contributed by atoms with van der Waals surface area (Å²) >= 11 is 0. The monoisotopic (exact) mass is 288 g/mol. The van der Waals surface area contributed by atoms with Gasteiger partial charge in [0, 0.05) is 11.6 Å². The Labute approximate surface area is 127 Å². The second-order valence-electron chi connectivity index (χ2n) is 4.99. The molecule has 0 heterocycles. The Hall–Kier alpha value is -1.99. The minimum atomic E-state index is -0.214. The predicted octanol–water partition coefficient (Wildman–Crippen LogP) is 2.18. The molecule has 0 fully saturated rings. The summed E-state index contributed by atoms with van der Waals surface area (Å²) in [5.41, 5.74) is 2.23. The number of aryl methyl sites for hydroxylation is 1. The Balaban J connectivity index is 2.72. The van der Waals surface area contributed by atoms with Gasteiger partial charge in [0.15, 0.2) is 6.61 Å². The molecule has 0 aliphatic carbocycles. The van der Waals surface area contributed by atoms with Crippen LogP contribution in [0.3, 0.4) is 0 Å². The van der Waals surface area contributed by atoms with Crippen LogP contribution in [0.25, 0.3) is 0 Å². The van der Waals surface area contributed by atoms with Gasteiger partial charge in [0.25, 0.3) is 5.91 Å². The van der Waals surface area contributed by atoms with Crippen molar-refractivity contribution in [3.8, 4) is 18.1 Å². The highest BCUT2D eigenvalue weighted by Gasteiger charge is 2.12. The van der Waals surface area contributed by atoms with Crippen LogP contribution in [0.15, 0.2) is 18.2 Å². The van der Waals surface area contributed by atoms with E-state index in [0.29, 0.717) is 0 Å². The first-order valence-corrected chi connectivity index (χ1v) is 7.25. The molecule has 4 heteroatoms. The average molecular weight is 288 g/mol. The van der Waals surface area contributed by atoms with Crippen molar-refractivity contribution in [3.05, 3.63) is 29.3 Å². The first kappa shape index (κ1) is 17.1. The van der Waals surface area contributed by atoms with Gasteiger partial charge in [-0.1, -0.05) is 30.5 Å². The summed E-state index contributed by atoms with van der Waals surface area (Å²) in [4.78, 5) is 11.5. The first-order chi connectivity index (χ1) is 10.1. The molecule has 0 aliphatic rings. The van der Waals surface area contributed by atoms with Crippen LogP contribution < -0.4 is 15.4 Å². The molecule has 1 unspecified atom stereocenters. The number of hydrogen-bond donors (Lipinski definition) is 2. The molecule has 0 radical (unpaired) electrons. The Bertz CT molecular complexity index is 506. The minimum absolute atomic E-state index is 0.0295. The fourth-order valence-corrected chi connectivity index (χ4v) is 1.95. The van der Waals surface area contributed by atoms with E-state index in [4.69, 9.17) is 11.2 Å². The number of carbonyl (C=O) groups excluding carboxylic acids is 1. The van der Waals surface area contributed by atoms with Crippen LogP contribution in [0.2, 0.25) is 0 Å². The quantitative estimate of drug-likeness (QED) is 0.721. The number of hydrogen-bond acceptors (Lipinski definition) is 3. The molecule has 21 heavy (non-hydrogen) atoms. The Morgan fingerprint density at radius 1 is 1.48 bits per heavy atom. The van der Waals surface area contributed by atoms with E-state index in [1.54, 1.807) is 0 Å². The van der Waals surface area contributed by atoms with Crippen LogP contribution >= 0.6 is 0 Å². The number of terminal acetylenes is 1. The summed E-state index contributed by atoms with van der Waals surface area (Å²) in [6, 6.07) is 6.14. The van der Waals surface area contributed by atoms with Gasteiger partial charge in [-0.3, -0.25) is 4.79 Å². The van der Waals surface area contributed by atoms with Gasteiger partial charge in [-0.15, -0.1) is 6.42 Å². The van der Waals surface area contributed by atoms with Crippen LogP contribution in [0.5, 0.6) is 5.75 Å². The van der Waals surface area contributed by atoms with Crippen molar-refractivity contribution in [2.75, 3.05) is 19.7 Å². The Kier molecular flexibility index (Phi) is 7.34. The van der Waals surface area contributed by atoms with Crippen LogP contribution in [-0.2, 0) is 4.79 Å². The van der Waals surface area contributed by atoms with Gasteiger partial charge >= 0.3 is 0 Å². The zero-order chi connectivity index (χ0) is 15.7. The normalized spacial score (nSPS) is 11.5. The Morgan fingerprint density at radius 2 is 2.24 bits per heavy atom. The van der Waals surface area contributed by atoms with Crippen molar-refractivity contribution in [1.29, 1.82) is 0 Å². The van der Waals surface area contributed by atoms with Gasteiger partial charge in [0.05, 0.1) is 6.54 Å². The maximum Gasteiger partial charge on any atom is 0.258 e. The number of ether oxygens (including phenoxy) is 1. The van der Waals surface area contributed by atoms with E-state index in [9.17, 15) is 4.79 Å². The van der Waals surface area contributed by atoms with Crippen LogP contribution in [0, 0.1) is 19.3 Å². The van der Waals surface area contributed by atoms with Gasteiger partial charge in [-0.05, 0) is 32.9 Å². The van der Waals surface area contributed by atoms with Crippen LogP contribution in [0.1, 0.15) is 37.4 Å². The fourth-order valence-electron chi connectivity index (χ4n) is 1.95. The number of benzene rings is 1. The SMILES string of the molecule is C#CCNC(=O)COc1ccc(C)cc1C(C)NCCC. The summed E-state index contributed by atoms with van der Waals surface area (Å²) in [6.07, 6.45) is 6.17. The summed E-state index contributed by atoms with van der Waals surface area (Å²) in [7, 11) is 0. The number of carbonyl (C=O) groups is 1. The lowest BCUT2D eigenvalue weighted by atomic mass is 10.0. The molecule has 114 valence electrons. The molecular formula is C17H24N2O2. The summed E-state index contributed by atoms with van der Waals surface area (Å²) in [6.45, 7) is 7.39. The van der Waals surface area contributed by atoms with E-state index >= 15 is 0 Å². The lowest BCUT2D eigenvalue weighted by Gasteiger charge is -2.18. The zero-order valence-electron chi connectivity index (χ0n) is 13.0. The molecule has 2 N–H and O–H groups in total. The molecule has 0 saturated heterocycles. The van der Waals surface area contributed by atoms with E-state index in [0.717, 1.165) is 24.3 Å². The zero-order valence-corrected chi connectivity index (χ0v) is 13.0. The minimum Gasteiger partial charge on any atom is -0.483 e. The van der Waals surface area contributed by atoms with Crippen molar-refractivity contribution in [3.63, 3.8) is 0 Å². The molecule has 0 saturated carbocycles. The van der Waals surface area contributed by atoms with Crippen LogP contribution in [-0.4, -0.2) is 25.6 Å². The van der Waals surface area contributed by atoms with Crippen molar-refractivity contribution in [2.45, 2.75) is 33.2 Å². The lowest BCUT2D eigenvalue weighted by Crippen LogP contribution is -2.29. The maximum absolute atomic E-state index is 11.5. The topological polar surface area (TPSA) is 50.4 Å². The molecular weight excluding hydrogens is 264 g/mol. The van der Waals surface area contributed by atoms with E-state index < -0.39 is 0 Å². The molecule has 0 spiro atoms. The molecule has 1 atom stereocenters. The molecule has 4 nitrogen and oxygen atoms in total. The van der Waals surface area contributed by atoms with E-state index in [1.165, 1.54) is 5.56 Å². The van der Waals surface area contributed by atoms with E-state index in [2.05, 4.69) is 36.5 Å². The number of nitrogens with one attached hydrogen (secondary N) is 2. The van der Waals surface area contributed by atoms with E-state index in [-0.39, 0.29) is 25.1 Å². The third-order valence-electron chi connectivity index (χ3n) is 3.08. The third kappa shape index (κ3) is 5.88. The van der Waals surface area contributed by atoms with Gasteiger partial charge in [0.2, 0.25) is 0 Å². The van der Waals surface area contributed by atoms with Gasteiger partial charge in [-0.2, -0.15) is 0 Å². The van der Waals surface area contributed by atoms with Crippen molar-refractivity contribution >= 4 is 5.91 Å². The maximum atomic E-state index is 11.5. The molecule has 0 aromatic heterocycles. The summed E-state index contributed by atoms with van der Waals surface area (Å²) in [5, 5.41) is 6.01. The summed E-state index contributed by atoms with van der Waals surface area (Å²) in [5.74, 6) is 2.87. The highest BCUT2D eigenvalue weighted by atomic mass is 16.5. The number of rotatable bonds is 8. The highest BCUT2D eigenvalue weighted by Crippen LogP contribution is 2.26. The lowest BCUT2D eigenvalue weighted by molar-refractivity contribution is -0.122. The summed E-state index contributed by atoms with van der Waals surface area (Å²) < 4.78 is 5.63. The predicted molar refractivity (Wildman–Crippen MR) is 85.2 cm³/mol. The van der Waals surface area contributed by atoms with Crippen molar-refractivity contribution < 1.29 is 9.53 Å². The molecule has 1 aromatic carbocycles. The fraction of sp³-hybridized carbons (Fsp3) is 0.471. The molecule has 0 aliphatic heterocycles. The van der Waals surface area contributed by atoms with Crippen molar-refractivity contribution in [1.82, 2.24) is 10.6 Å². The second-order valence-corrected chi connectivity index (χ2v) is 4.99. The van der Waals surface area contributed by atoms with Crippen LogP contribution in [0.4, 0.5) is 0 Å². The van der Waals surface area contributed by atoms with E-state index in [1.807, 2.05) is 19.1 Å².